The maximum atomic E-state index is 5.27. The molecule has 0 aromatic carbocycles. The maximum Gasteiger partial charge on any atom is 0.0619 e. The lowest BCUT2D eigenvalue weighted by atomic mass is 10.1. The fourth-order valence-electron chi connectivity index (χ4n) is 1.19. The number of hydrogen-bond acceptors (Lipinski definition) is 2. The van der Waals surface area contributed by atoms with Gasteiger partial charge >= 0.3 is 0 Å². The zero-order valence-electron chi connectivity index (χ0n) is 6.02. The van der Waals surface area contributed by atoms with Crippen molar-refractivity contribution in [2.24, 2.45) is 0 Å². The van der Waals surface area contributed by atoms with Gasteiger partial charge in [0.2, 0.25) is 0 Å². The Bertz CT molecular complexity index is 66.6. The van der Waals surface area contributed by atoms with Crippen LogP contribution in [-0.2, 0) is 4.74 Å². The van der Waals surface area contributed by atoms with E-state index < -0.39 is 0 Å². The van der Waals surface area contributed by atoms with Gasteiger partial charge in [-0.15, -0.1) is 0 Å². The van der Waals surface area contributed by atoms with Crippen molar-refractivity contribution >= 4 is 0 Å². The molecule has 9 heavy (non-hydrogen) atoms. The van der Waals surface area contributed by atoms with Crippen molar-refractivity contribution in [2.45, 2.75) is 25.8 Å². The fraction of sp³-hybridized carbons (Fsp3) is 1.00. The van der Waals surface area contributed by atoms with Crippen LogP contribution in [0.4, 0.5) is 0 Å². The van der Waals surface area contributed by atoms with Crippen LogP contribution in [0, 0.1) is 0 Å². The van der Waals surface area contributed by atoms with Crippen LogP contribution in [0.15, 0.2) is 0 Å². The van der Waals surface area contributed by atoms with Crippen LogP contribution in [-0.4, -0.2) is 25.8 Å². The van der Waals surface area contributed by atoms with Crippen LogP contribution < -0.4 is 5.32 Å². The first kappa shape index (κ1) is 7.03. The number of rotatable bonds is 2. The van der Waals surface area contributed by atoms with Crippen molar-refractivity contribution < 1.29 is 4.74 Å². The van der Waals surface area contributed by atoms with Gasteiger partial charge in [-0.1, -0.05) is 6.92 Å². The highest BCUT2D eigenvalue weighted by Crippen LogP contribution is 2.04. The monoisotopic (exact) mass is 129 g/mol. The topological polar surface area (TPSA) is 21.3 Å². The second-order valence-electron chi connectivity index (χ2n) is 2.47. The molecule has 0 saturated carbocycles. The van der Waals surface area contributed by atoms with E-state index in [2.05, 4.69) is 12.2 Å². The molecule has 1 heterocycles. The molecule has 0 aromatic heterocycles. The van der Waals surface area contributed by atoms with E-state index in [9.17, 15) is 0 Å². The Morgan fingerprint density at radius 2 is 2.56 bits per heavy atom. The number of likely N-dealkylation sites (N-methyl/N-ethyl adjacent to an activating group) is 1. The quantitative estimate of drug-likeness (QED) is 0.594. The van der Waals surface area contributed by atoms with Gasteiger partial charge in [0.1, 0.15) is 0 Å². The van der Waals surface area contributed by atoms with Crippen molar-refractivity contribution in [1.82, 2.24) is 5.32 Å². The lowest BCUT2D eigenvalue weighted by Crippen LogP contribution is -2.36. The second kappa shape index (κ2) is 3.85. The molecular formula is C7H15NO. The summed E-state index contributed by atoms with van der Waals surface area (Å²) >= 11 is 0. The SMILES string of the molecule is CCNC1CCCOC1. The molecule has 1 fully saturated rings. The van der Waals surface area contributed by atoms with Gasteiger partial charge in [0.05, 0.1) is 6.61 Å². The smallest absolute Gasteiger partial charge is 0.0619 e. The van der Waals surface area contributed by atoms with Gasteiger partial charge in [-0.2, -0.15) is 0 Å². The predicted octanol–water partition coefficient (Wildman–Crippen LogP) is 0.775. The first-order valence-electron chi connectivity index (χ1n) is 3.74. The van der Waals surface area contributed by atoms with E-state index in [1.807, 2.05) is 0 Å². The summed E-state index contributed by atoms with van der Waals surface area (Å²) in [6.45, 7) is 5.07. The first-order chi connectivity index (χ1) is 4.43. The zero-order chi connectivity index (χ0) is 6.53. The van der Waals surface area contributed by atoms with Crippen LogP contribution in [0.3, 0.4) is 0 Å². The highest BCUT2D eigenvalue weighted by atomic mass is 16.5. The molecule has 0 bridgehead atoms. The summed E-state index contributed by atoms with van der Waals surface area (Å²) in [6.07, 6.45) is 2.51. The third-order valence-electron chi connectivity index (χ3n) is 1.65. The molecule has 0 spiro atoms. The molecule has 1 N–H and O–H groups in total. The van der Waals surface area contributed by atoms with E-state index in [4.69, 9.17) is 4.74 Å². The van der Waals surface area contributed by atoms with E-state index in [0.717, 1.165) is 19.8 Å². The summed E-state index contributed by atoms with van der Waals surface area (Å²) in [7, 11) is 0. The largest absolute Gasteiger partial charge is 0.380 e. The Kier molecular flexibility index (Phi) is 3.01. The fourth-order valence-corrected chi connectivity index (χ4v) is 1.19. The van der Waals surface area contributed by atoms with Gasteiger partial charge in [0.25, 0.3) is 0 Å². The van der Waals surface area contributed by atoms with Gasteiger partial charge in [-0.05, 0) is 19.4 Å². The standard InChI is InChI=1S/C7H15NO/c1-2-8-7-4-3-5-9-6-7/h7-8H,2-6H2,1H3. The van der Waals surface area contributed by atoms with E-state index >= 15 is 0 Å². The molecule has 1 aliphatic heterocycles. The molecule has 2 heteroatoms. The van der Waals surface area contributed by atoms with Crippen LogP contribution in [0.25, 0.3) is 0 Å². The predicted molar refractivity (Wildman–Crippen MR) is 37.5 cm³/mol. The lowest BCUT2D eigenvalue weighted by Gasteiger charge is -2.22. The highest BCUT2D eigenvalue weighted by molar-refractivity contribution is 4.68. The van der Waals surface area contributed by atoms with E-state index in [-0.39, 0.29) is 0 Å². The number of ether oxygens (including phenoxy) is 1. The third kappa shape index (κ3) is 2.33. The average molecular weight is 129 g/mol. The minimum atomic E-state index is 0.628. The van der Waals surface area contributed by atoms with Gasteiger partial charge in [0, 0.05) is 12.6 Å². The number of nitrogens with one attached hydrogen (secondary N) is 1. The average Bonchev–Trinajstić information content (AvgIpc) is 1.91. The molecule has 1 saturated heterocycles. The summed E-state index contributed by atoms with van der Waals surface area (Å²) in [5.74, 6) is 0. The summed E-state index contributed by atoms with van der Waals surface area (Å²) in [5.41, 5.74) is 0. The molecule has 1 aliphatic rings. The molecular weight excluding hydrogens is 114 g/mol. The molecule has 54 valence electrons. The second-order valence-corrected chi connectivity index (χ2v) is 2.47. The first-order valence-corrected chi connectivity index (χ1v) is 3.74. The van der Waals surface area contributed by atoms with E-state index in [1.54, 1.807) is 0 Å². The van der Waals surface area contributed by atoms with Crippen molar-refractivity contribution in [3.8, 4) is 0 Å². The van der Waals surface area contributed by atoms with Gasteiger partial charge in [-0.25, -0.2) is 0 Å². The summed E-state index contributed by atoms with van der Waals surface area (Å²) in [6, 6.07) is 0.628. The van der Waals surface area contributed by atoms with E-state index in [0.29, 0.717) is 6.04 Å². The molecule has 0 amide bonds. The minimum Gasteiger partial charge on any atom is -0.380 e. The van der Waals surface area contributed by atoms with Crippen LogP contribution in [0.1, 0.15) is 19.8 Å². The van der Waals surface area contributed by atoms with E-state index in [1.165, 1.54) is 12.8 Å². The Balaban J connectivity index is 2.08. The van der Waals surface area contributed by atoms with Crippen LogP contribution in [0.5, 0.6) is 0 Å². The minimum absolute atomic E-state index is 0.628. The molecule has 0 aliphatic carbocycles. The Hall–Kier alpha value is -0.0800. The zero-order valence-corrected chi connectivity index (χ0v) is 6.02. The lowest BCUT2D eigenvalue weighted by molar-refractivity contribution is 0.0711. The third-order valence-corrected chi connectivity index (χ3v) is 1.65. The van der Waals surface area contributed by atoms with Crippen LogP contribution >= 0.6 is 0 Å². The Morgan fingerprint density at radius 3 is 3.11 bits per heavy atom. The molecule has 1 unspecified atom stereocenters. The van der Waals surface area contributed by atoms with Crippen molar-refractivity contribution in [1.29, 1.82) is 0 Å². The van der Waals surface area contributed by atoms with Gasteiger partial charge < -0.3 is 10.1 Å². The Labute approximate surface area is 56.6 Å². The molecule has 0 aromatic rings. The molecule has 1 atom stereocenters. The van der Waals surface area contributed by atoms with Crippen LogP contribution in [0.2, 0.25) is 0 Å². The molecule has 1 rings (SSSR count). The van der Waals surface area contributed by atoms with Crippen molar-refractivity contribution in [3.05, 3.63) is 0 Å². The van der Waals surface area contributed by atoms with Gasteiger partial charge in [0.15, 0.2) is 0 Å². The summed E-state index contributed by atoms with van der Waals surface area (Å²) in [5, 5.41) is 3.36. The molecule has 0 radical (unpaired) electrons. The maximum absolute atomic E-state index is 5.27. The van der Waals surface area contributed by atoms with Gasteiger partial charge in [-0.3, -0.25) is 0 Å². The normalized spacial score (nSPS) is 28.3. The van der Waals surface area contributed by atoms with Crippen molar-refractivity contribution in [2.75, 3.05) is 19.8 Å². The number of hydrogen-bond donors (Lipinski definition) is 1. The summed E-state index contributed by atoms with van der Waals surface area (Å²) in [4.78, 5) is 0. The molecule has 2 nitrogen and oxygen atoms in total. The summed E-state index contributed by atoms with van der Waals surface area (Å²) < 4.78 is 5.27. The van der Waals surface area contributed by atoms with Crippen molar-refractivity contribution in [3.63, 3.8) is 0 Å². The highest BCUT2D eigenvalue weighted by Gasteiger charge is 2.10. The Morgan fingerprint density at radius 1 is 1.67 bits per heavy atom.